The molecule has 1 aromatic rings. The fourth-order valence-corrected chi connectivity index (χ4v) is 3.26. The molecule has 0 saturated carbocycles. The maximum absolute atomic E-state index is 5.55. The number of nitrogens with one attached hydrogen (secondary N) is 1. The van der Waals surface area contributed by atoms with Crippen LogP contribution in [-0.2, 0) is 0 Å². The standard InChI is InChI=1S/C14H20BrNO/c1-9(2)11-7-14(17-3)12(6-13(11)15)10-4-5-16-8-10/h6-7,9-10,16H,4-5,8H2,1-3H3. The monoisotopic (exact) mass is 297 g/mol. The molecule has 0 amide bonds. The predicted octanol–water partition coefficient (Wildman–Crippen LogP) is 3.66. The fraction of sp³-hybridized carbons (Fsp3) is 0.571. The van der Waals surface area contributed by atoms with Gasteiger partial charge in [0.15, 0.2) is 0 Å². The van der Waals surface area contributed by atoms with Gasteiger partial charge in [0, 0.05) is 16.9 Å². The third-order valence-electron chi connectivity index (χ3n) is 3.47. The van der Waals surface area contributed by atoms with Gasteiger partial charge >= 0.3 is 0 Å². The molecule has 3 heteroatoms. The van der Waals surface area contributed by atoms with Crippen LogP contribution in [0.4, 0.5) is 0 Å². The minimum atomic E-state index is 0.508. The summed E-state index contributed by atoms with van der Waals surface area (Å²) in [6.45, 7) is 6.58. The van der Waals surface area contributed by atoms with Crippen LogP contribution in [0.15, 0.2) is 16.6 Å². The van der Waals surface area contributed by atoms with E-state index < -0.39 is 0 Å². The van der Waals surface area contributed by atoms with Gasteiger partial charge in [-0.25, -0.2) is 0 Å². The van der Waals surface area contributed by atoms with E-state index in [1.54, 1.807) is 7.11 Å². The molecular weight excluding hydrogens is 278 g/mol. The van der Waals surface area contributed by atoms with Gasteiger partial charge in [-0.1, -0.05) is 29.8 Å². The molecule has 1 aliphatic rings. The zero-order chi connectivity index (χ0) is 12.4. The molecule has 0 bridgehead atoms. The highest BCUT2D eigenvalue weighted by molar-refractivity contribution is 9.10. The lowest BCUT2D eigenvalue weighted by molar-refractivity contribution is 0.405. The molecule has 0 spiro atoms. The fourth-order valence-electron chi connectivity index (χ4n) is 2.44. The lowest BCUT2D eigenvalue weighted by atomic mass is 9.93. The highest BCUT2D eigenvalue weighted by Gasteiger charge is 2.22. The van der Waals surface area contributed by atoms with Gasteiger partial charge in [0.25, 0.3) is 0 Å². The van der Waals surface area contributed by atoms with E-state index in [9.17, 15) is 0 Å². The second-order valence-corrected chi connectivity index (χ2v) is 5.81. The molecule has 1 N–H and O–H groups in total. The van der Waals surface area contributed by atoms with Gasteiger partial charge in [-0.05, 0) is 42.1 Å². The number of halogens is 1. The van der Waals surface area contributed by atoms with E-state index in [2.05, 4.69) is 47.2 Å². The van der Waals surface area contributed by atoms with Gasteiger partial charge in [0.2, 0.25) is 0 Å². The first kappa shape index (κ1) is 12.9. The average Bonchev–Trinajstić information content (AvgIpc) is 2.81. The van der Waals surface area contributed by atoms with Crippen molar-refractivity contribution in [1.29, 1.82) is 0 Å². The van der Waals surface area contributed by atoms with Crippen molar-refractivity contribution in [2.75, 3.05) is 20.2 Å². The summed E-state index contributed by atoms with van der Waals surface area (Å²) in [7, 11) is 1.76. The zero-order valence-corrected chi connectivity index (χ0v) is 12.3. The summed E-state index contributed by atoms with van der Waals surface area (Å²) in [5, 5.41) is 3.41. The van der Waals surface area contributed by atoms with Crippen molar-refractivity contribution in [3.63, 3.8) is 0 Å². The maximum Gasteiger partial charge on any atom is 0.122 e. The Kier molecular flexibility index (Phi) is 4.10. The Labute approximate surface area is 112 Å². The number of hydrogen-bond acceptors (Lipinski definition) is 2. The lowest BCUT2D eigenvalue weighted by Crippen LogP contribution is -2.09. The highest BCUT2D eigenvalue weighted by atomic mass is 79.9. The molecule has 1 saturated heterocycles. The van der Waals surface area contributed by atoms with E-state index in [4.69, 9.17) is 4.74 Å². The van der Waals surface area contributed by atoms with Gasteiger partial charge in [-0.3, -0.25) is 0 Å². The second-order valence-electron chi connectivity index (χ2n) is 4.96. The van der Waals surface area contributed by atoms with Gasteiger partial charge in [0.1, 0.15) is 5.75 Å². The van der Waals surface area contributed by atoms with E-state index >= 15 is 0 Å². The number of hydrogen-bond donors (Lipinski definition) is 1. The quantitative estimate of drug-likeness (QED) is 0.919. The summed E-state index contributed by atoms with van der Waals surface area (Å²) < 4.78 is 6.76. The van der Waals surface area contributed by atoms with Crippen molar-refractivity contribution in [3.05, 3.63) is 27.7 Å². The molecule has 1 aromatic carbocycles. The molecule has 17 heavy (non-hydrogen) atoms. The number of rotatable bonds is 3. The topological polar surface area (TPSA) is 21.3 Å². The highest BCUT2D eigenvalue weighted by Crippen LogP contribution is 2.37. The van der Waals surface area contributed by atoms with Crippen LogP contribution in [0.5, 0.6) is 5.75 Å². The molecule has 1 aliphatic heterocycles. The van der Waals surface area contributed by atoms with Crippen LogP contribution in [0, 0.1) is 0 Å². The van der Waals surface area contributed by atoms with Crippen molar-refractivity contribution in [2.24, 2.45) is 0 Å². The van der Waals surface area contributed by atoms with Crippen LogP contribution in [0.3, 0.4) is 0 Å². The molecule has 2 nitrogen and oxygen atoms in total. The molecule has 1 unspecified atom stereocenters. The molecule has 1 fully saturated rings. The molecule has 0 radical (unpaired) electrons. The smallest absolute Gasteiger partial charge is 0.122 e. The van der Waals surface area contributed by atoms with Gasteiger partial charge in [-0.2, -0.15) is 0 Å². The first-order valence-corrected chi connectivity index (χ1v) is 7.00. The Balaban J connectivity index is 2.41. The maximum atomic E-state index is 5.55. The number of benzene rings is 1. The van der Waals surface area contributed by atoms with Crippen molar-refractivity contribution in [3.8, 4) is 5.75 Å². The van der Waals surface area contributed by atoms with Gasteiger partial charge in [0.05, 0.1) is 7.11 Å². The summed E-state index contributed by atoms with van der Waals surface area (Å²) in [6, 6.07) is 4.42. The van der Waals surface area contributed by atoms with Crippen molar-refractivity contribution in [2.45, 2.75) is 32.1 Å². The SMILES string of the molecule is COc1cc(C(C)C)c(Br)cc1C1CCNC1. The summed E-state index contributed by atoms with van der Waals surface area (Å²) in [4.78, 5) is 0. The Morgan fingerprint density at radius 2 is 2.18 bits per heavy atom. The molecular formula is C14H20BrNO. The minimum absolute atomic E-state index is 0.508. The van der Waals surface area contributed by atoms with E-state index in [0.717, 1.165) is 18.8 Å². The summed E-state index contributed by atoms with van der Waals surface area (Å²) in [6.07, 6.45) is 1.20. The Morgan fingerprint density at radius 3 is 2.71 bits per heavy atom. The normalized spacial score (nSPS) is 19.9. The summed E-state index contributed by atoms with van der Waals surface area (Å²) in [5.41, 5.74) is 2.64. The van der Waals surface area contributed by atoms with Crippen LogP contribution in [0.2, 0.25) is 0 Å². The van der Waals surface area contributed by atoms with E-state index in [1.165, 1.54) is 22.0 Å². The minimum Gasteiger partial charge on any atom is -0.496 e. The average molecular weight is 298 g/mol. The predicted molar refractivity (Wildman–Crippen MR) is 75.0 cm³/mol. The Morgan fingerprint density at radius 1 is 1.41 bits per heavy atom. The second kappa shape index (κ2) is 5.40. The van der Waals surface area contributed by atoms with Crippen LogP contribution in [-0.4, -0.2) is 20.2 Å². The Hall–Kier alpha value is -0.540. The summed E-state index contributed by atoms with van der Waals surface area (Å²) >= 11 is 3.68. The van der Waals surface area contributed by atoms with Crippen LogP contribution in [0.1, 0.15) is 43.2 Å². The molecule has 1 atom stereocenters. The molecule has 0 aromatic heterocycles. The van der Waals surface area contributed by atoms with Gasteiger partial charge in [-0.15, -0.1) is 0 Å². The Bertz CT molecular complexity index is 397. The van der Waals surface area contributed by atoms with E-state index in [0.29, 0.717) is 11.8 Å². The van der Waals surface area contributed by atoms with Crippen LogP contribution < -0.4 is 10.1 Å². The largest absolute Gasteiger partial charge is 0.496 e. The van der Waals surface area contributed by atoms with Crippen LogP contribution >= 0.6 is 15.9 Å². The lowest BCUT2D eigenvalue weighted by Gasteiger charge is -2.18. The molecule has 94 valence electrons. The number of ether oxygens (including phenoxy) is 1. The van der Waals surface area contributed by atoms with E-state index in [1.807, 2.05) is 0 Å². The first-order chi connectivity index (χ1) is 8.13. The first-order valence-electron chi connectivity index (χ1n) is 6.21. The van der Waals surface area contributed by atoms with Gasteiger partial charge < -0.3 is 10.1 Å². The molecule has 0 aliphatic carbocycles. The number of methoxy groups -OCH3 is 1. The van der Waals surface area contributed by atoms with E-state index in [-0.39, 0.29) is 0 Å². The van der Waals surface area contributed by atoms with Crippen LogP contribution in [0.25, 0.3) is 0 Å². The third kappa shape index (κ3) is 2.66. The van der Waals surface area contributed by atoms with Crippen molar-refractivity contribution >= 4 is 15.9 Å². The molecule has 1 heterocycles. The molecule has 2 rings (SSSR count). The van der Waals surface area contributed by atoms with Crippen molar-refractivity contribution < 1.29 is 4.74 Å². The third-order valence-corrected chi connectivity index (χ3v) is 4.16. The summed E-state index contributed by atoms with van der Waals surface area (Å²) in [5.74, 6) is 2.13. The zero-order valence-electron chi connectivity index (χ0n) is 10.7. The van der Waals surface area contributed by atoms with Crippen molar-refractivity contribution in [1.82, 2.24) is 5.32 Å².